The van der Waals surface area contributed by atoms with Crippen LogP contribution in [-0.4, -0.2) is 22.4 Å². The lowest BCUT2D eigenvalue weighted by atomic mass is 10.2. The molecular weight excluding hydrogens is 368 g/mol. The second-order valence-corrected chi connectivity index (χ2v) is 8.00. The maximum atomic E-state index is 13.3. The van der Waals surface area contributed by atoms with Gasteiger partial charge in [-0.3, -0.25) is 9.36 Å². The van der Waals surface area contributed by atoms with Gasteiger partial charge in [-0.2, -0.15) is 0 Å². The van der Waals surface area contributed by atoms with Crippen molar-refractivity contribution >= 4 is 34.3 Å². The first-order chi connectivity index (χ1) is 12.4. The molecule has 4 nitrogen and oxygen atoms in total. The van der Waals surface area contributed by atoms with Gasteiger partial charge in [0.2, 0.25) is 0 Å². The van der Waals surface area contributed by atoms with Gasteiger partial charge in [0.1, 0.15) is 5.75 Å². The van der Waals surface area contributed by atoms with Gasteiger partial charge in [-0.05, 0) is 48.7 Å². The summed E-state index contributed by atoms with van der Waals surface area (Å²) in [7, 11) is 1.61. The molecule has 0 saturated carbocycles. The topological polar surface area (TPSA) is 44.1 Å². The lowest BCUT2D eigenvalue weighted by Crippen LogP contribution is -2.22. The highest BCUT2D eigenvalue weighted by Gasteiger charge is 2.17. The van der Waals surface area contributed by atoms with Crippen molar-refractivity contribution in [2.24, 2.45) is 5.92 Å². The summed E-state index contributed by atoms with van der Waals surface area (Å²) in [5.41, 5.74) is 2.23. The van der Waals surface area contributed by atoms with E-state index in [0.717, 1.165) is 11.3 Å². The normalized spacial score (nSPS) is 11.3. The minimum absolute atomic E-state index is 0.123. The van der Waals surface area contributed by atoms with Gasteiger partial charge in [0.15, 0.2) is 5.16 Å². The molecule has 136 valence electrons. The average molecular weight is 389 g/mol. The summed E-state index contributed by atoms with van der Waals surface area (Å²) >= 11 is 7.66. The highest BCUT2D eigenvalue weighted by atomic mass is 35.5. The number of hydrogen-bond donors (Lipinski definition) is 0. The molecule has 6 heteroatoms. The Morgan fingerprint density at radius 3 is 2.69 bits per heavy atom. The fourth-order valence-corrected chi connectivity index (χ4v) is 3.79. The third kappa shape index (κ3) is 3.74. The number of ether oxygens (including phenoxy) is 1. The Balaban J connectivity index is 2.33. The number of thioether (sulfide) groups is 1. The quantitative estimate of drug-likeness (QED) is 0.450. The van der Waals surface area contributed by atoms with E-state index in [4.69, 9.17) is 21.3 Å². The van der Waals surface area contributed by atoms with Crippen LogP contribution in [0.5, 0.6) is 5.75 Å². The molecule has 26 heavy (non-hydrogen) atoms. The van der Waals surface area contributed by atoms with Gasteiger partial charge in [-0.1, -0.05) is 43.3 Å². The van der Waals surface area contributed by atoms with Gasteiger partial charge in [-0.25, -0.2) is 4.98 Å². The fraction of sp³-hybridized carbons (Fsp3) is 0.300. The Labute approximate surface area is 162 Å². The SMILES string of the molecule is COc1ccc(C)cc1-n1c(SCC(C)C)nc2cc(Cl)ccc2c1=O. The van der Waals surface area contributed by atoms with Gasteiger partial charge < -0.3 is 4.74 Å². The summed E-state index contributed by atoms with van der Waals surface area (Å²) in [6.45, 7) is 6.27. The first-order valence-corrected chi connectivity index (χ1v) is 9.77. The molecule has 2 aromatic carbocycles. The van der Waals surface area contributed by atoms with Gasteiger partial charge in [0.05, 0.1) is 23.7 Å². The number of fused-ring (bicyclic) bond motifs is 1. The number of hydrogen-bond acceptors (Lipinski definition) is 4. The number of halogens is 1. The summed E-state index contributed by atoms with van der Waals surface area (Å²) in [5.74, 6) is 1.96. The third-order valence-corrected chi connectivity index (χ3v) is 5.52. The Morgan fingerprint density at radius 2 is 2.00 bits per heavy atom. The number of benzene rings is 2. The van der Waals surface area contributed by atoms with Crippen LogP contribution in [0.25, 0.3) is 16.6 Å². The van der Waals surface area contributed by atoms with Crippen LogP contribution in [-0.2, 0) is 0 Å². The van der Waals surface area contributed by atoms with Crippen molar-refractivity contribution < 1.29 is 4.74 Å². The molecule has 0 amide bonds. The van der Waals surface area contributed by atoms with E-state index in [9.17, 15) is 4.79 Å². The highest BCUT2D eigenvalue weighted by Crippen LogP contribution is 2.29. The first-order valence-electron chi connectivity index (χ1n) is 8.41. The molecule has 0 aliphatic carbocycles. The van der Waals surface area contributed by atoms with Crippen LogP contribution >= 0.6 is 23.4 Å². The van der Waals surface area contributed by atoms with Gasteiger partial charge in [0, 0.05) is 10.8 Å². The zero-order valence-corrected chi connectivity index (χ0v) is 16.8. The van der Waals surface area contributed by atoms with Crippen LogP contribution in [0.2, 0.25) is 5.02 Å². The van der Waals surface area contributed by atoms with E-state index in [1.165, 1.54) is 0 Å². The fourth-order valence-electron chi connectivity index (χ4n) is 2.66. The Morgan fingerprint density at radius 1 is 1.23 bits per heavy atom. The van der Waals surface area contributed by atoms with Crippen LogP contribution in [0.15, 0.2) is 46.3 Å². The van der Waals surface area contributed by atoms with Gasteiger partial charge in [-0.15, -0.1) is 0 Å². The molecule has 0 saturated heterocycles. The van der Waals surface area contributed by atoms with E-state index in [1.807, 2.05) is 25.1 Å². The lowest BCUT2D eigenvalue weighted by molar-refractivity contribution is 0.411. The molecule has 1 heterocycles. The minimum atomic E-state index is -0.123. The van der Waals surface area contributed by atoms with E-state index in [2.05, 4.69) is 13.8 Å². The van der Waals surface area contributed by atoms with Crippen LogP contribution < -0.4 is 10.3 Å². The van der Waals surface area contributed by atoms with Gasteiger partial charge >= 0.3 is 0 Å². The Kier molecular flexibility index (Phi) is 5.58. The average Bonchev–Trinajstić information content (AvgIpc) is 2.59. The zero-order chi connectivity index (χ0) is 18.8. The van der Waals surface area contributed by atoms with E-state index in [-0.39, 0.29) is 5.56 Å². The molecule has 0 atom stereocenters. The summed E-state index contributed by atoms with van der Waals surface area (Å²) in [4.78, 5) is 18.0. The number of rotatable bonds is 5. The predicted octanol–water partition coefficient (Wildman–Crippen LogP) is 5.10. The molecule has 0 aliphatic heterocycles. The van der Waals surface area contributed by atoms with Crippen LogP contribution in [0.1, 0.15) is 19.4 Å². The summed E-state index contributed by atoms with van der Waals surface area (Å²) in [6.07, 6.45) is 0. The van der Waals surface area contributed by atoms with E-state index in [0.29, 0.717) is 38.4 Å². The van der Waals surface area contributed by atoms with Crippen molar-refractivity contribution in [3.63, 3.8) is 0 Å². The smallest absolute Gasteiger partial charge is 0.266 e. The van der Waals surface area contributed by atoms with E-state index >= 15 is 0 Å². The molecular formula is C20H21ClN2O2S. The second kappa shape index (κ2) is 7.72. The largest absolute Gasteiger partial charge is 0.495 e. The summed E-state index contributed by atoms with van der Waals surface area (Å²) in [5, 5.41) is 1.74. The van der Waals surface area contributed by atoms with E-state index < -0.39 is 0 Å². The summed E-state index contributed by atoms with van der Waals surface area (Å²) < 4.78 is 7.15. The number of aryl methyl sites for hydroxylation is 1. The number of aromatic nitrogens is 2. The molecule has 0 bridgehead atoms. The molecule has 3 aromatic rings. The van der Waals surface area contributed by atoms with Gasteiger partial charge in [0.25, 0.3) is 5.56 Å². The first kappa shape index (κ1) is 18.8. The van der Waals surface area contributed by atoms with Crippen LogP contribution in [0, 0.1) is 12.8 Å². The lowest BCUT2D eigenvalue weighted by Gasteiger charge is -2.17. The van der Waals surface area contributed by atoms with Crippen LogP contribution in [0.3, 0.4) is 0 Å². The molecule has 0 fully saturated rings. The molecule has 3 rings (SSSR count). The Bertz CT molecular complexity index is 1010. The zero-order valence-electron chi connectivity index (χ0n) is 15.2. The van der Waals surface area contributed by atoms with Crippen molar-refractivity contribution in [1.29, 1.82) is 0 Å². The minimum Gasteiger partial charge on any atom is -0.495 e. The molecule has 0 spiro atoms. The van der Waals surface area contributed by atoms with Crippen molar-refractivity contribution in [2.45, 2.75) is 25.9 Å². The highest BCUT2D eigenvalue weighted by molar-refractivity contribution is 7.99. The second-order valence-electron chi connectivity index (χ2n) is 6.58. The third-order valence-electron chi connectivity index (χ3n) is 3.92. The molecule has 1 aromatic heterocycles. The summed E-state index contributed by atoms with van der Waals surface area (Å²) in [6, 6.07) is 11.0. The predicted molar refractivity (Wildman–Crippen MR) is 109 cm³/mol. The van der Waals surface area contributed by atoms with Crippen molar-refractivity contribution in [2.75, 3.05) is 12.9 Å². The molecule has 0 N–H and O–H groups in total. The van der Waals surface area contributed by atoms with Crippen molar-refractivity contribution in [3.8, 4) is 11.4 Å². The molecule has 0 unspecified atom stereocenters. The van der Waals surface area contributed by atoms with Crippen molar-refractivity contribution in [3.05, 3.63) is 57.3 Å². The van der Waals surface area contributed by atoms with E-state index in [1.54, 1.807) is 41.6 Å². The molecule has 0 radical (unpaired) electrons. The Hall–Kier alpha value is -1.98. The number of nitrogens with zero attached hydrogens (tertiary/aromatic N) is 2. The van der Waals surface area contributed by atoms with Crippen molar-refractivity contribution in [1.82, 2.24) is 9.55 Å². The maximum absolute atomic E-state index is 13.3. The standard InChI is InChI=1S/C20H21ClN2O2S/c1-12(2)11-26-20-22-16-10-14(21)6-7-15(16)19(24)23(20)17-9-13(3)5-8-18(17)25-4/h5-10,12H,11H2,1-4H3. The monoisotopic (exact) mass is 388 g/mol. The molecule has 0 aliphatic rings. The number of methoxy groups -OCH3 is 1. The van der Waals surface area contributed by atoms with Crippen LogP contribution in [0.4, 0.5) is 0 Å². The maximum Gasteiger partial charge on any atom is 0.266 e.